The number of hydrogen-bond acceptors (Lipinski definition) is 6. The number of hydrogen-bond donors (Lipinski definition) is 0. The second-order valence-electron chi connectivity index (χ2n) is 6.63. The molecule has 0 radical (unpaired) electrons. The fraction of sp³-hybridized carbons (Fsp3) is 0.136. The summed E-state index contributed by atoms with van der Waals surface area (Å²) >= 11 is 1.47. The molecule has 0 atom stereocenters. The molecule has 3 aromatic carbocycles. The molecular formula is C22H18N4O2S. The second-order valence-corrected chi connectivity index (χ2v) is 7.67. The van der Waals surface area contributed by atoms with Gasteiger partial charge in [-0.2, -0.15) is 9.61 Å². The number of nitrogens with zero attached hydrogens (tertiary/aromatic N) is 4. The van der Waals surface area contributed by atoms with Gasteiger partial charge >= 0.3 is 0 Å². The van der Waals surface area contributed by atoms with Gasteiger partial charge in [0.1, 0.15) is 24.7 Å². The lowest BCUT2D eigenvalue weighted by Crippen LogP contribution is -2.04. The molecule has 2 aromatic heterocycles. The summed E-state index contributed by atoms with van der Waals surface area (Å²) in [5.41, 5.74) is 1.08. The summed E-state index contributed by atoms with van der Waals surface area (Å²) < 4.78 is 13.7. The molecule has 0 fully saturated rings. The monoisotopic (exact) mass is 402 g/mol. The van der Waals surface area contributed by atoms with E-state index in [0.29, 0.717) is 19.0 Å². The van der Waals surface area contributed by atoms with Crippen molar-refractivity contribution in [1.82, 2.24) is 19.8 Å². The number of fused-ring (bicyclic) bond motifs is 2. The van der Waals surface area contributed by atoms with Crippen LogP contribution in [0.25, 0.3) is 15.7 Å². The van der Waals surface area contributed by atoms with Crippen molar-refractivity contribution < 1.29 is 9.47 Å². The SMILES string of the molecule is Cc1ccccc1OCc1nnc2sc(COc3cccc4ccccc34)nn12. The largest absolute Gasteiger partial charge is 0.486 e. The molecule has 0 saturated carbocycles. The number of ether oxygens (including phenoxy) is 2. The van der Waals surface area contributed by atoms with Crippen LogP contribution in [0.4, 0.5) is 0 Å². The van der Waals surface area contributed by atoms with Crippen molar-refractivity contribution in [2.75, 3.05) is 0 Å². The summed E-state index contributed by atoms with van der Waals surface area (Å²) in [5, 5.41) is 16.1. The van der Waals surface area contributed by atoms with E-state index in [1.807, 2.05) is 55.5 Å². The molecule has 144 valence electrons. The molecule has 7 heteroatoms. The zero-order chi connectivity index (χ0) is 19.6. The average molecular weight is 402 g/mol. The summed E-state index contributed by atoms with van der Waals surface area (Å²) in [6.07, 6.45) is 0. The summed E-state index contributed by atoms with van der Waals surface area (Å²) in [6.45, 7) is 2.69. The van der Waals surface area contributed by atoms with Gasteiger partial charge in [0.05, 0.1) is 0 Å². The minimum Gasteiger partial charge on any atom is -0.486 e. The van der Waals surface area contributed by atoms with Crippen LogP contribution in [0.1, 0.15) is 16.4 Å². The Labute approximate surface area is 171 Å². The molecule has 5 rings (SSSR count). The highest BCUT2D eigenvalue weighted by Gasteiger charge is 2.13. The first-order chi connectivity index (χ1) is 14.3. The third-order valence-electron chi connectivity index (χ3n) is 4.65. The molecule has 0 amide bonds. The highest BCUT2D eigenvalue weighted by molar-refractivity contribution is 7.16. The molecule has 0 spiro atoms. The molecule has 0 aliphatic heterocycles. The van der Waals surface area contributed by atoms with Gasteiger partial charge in [0, 0.05) is 5.39 Å². The van der Waals surface area contributed by atoms with Crippen molar-refractivity contribution in [2.24, 2.45) is 0 Å². The fourth-order valence-corrected chi connectivity index (χ4v) is 3.93. The Balaban J connectivity index is 1.32. The van der Waals surface area contributed by atoms with Gasteiger partial charge in [-0.25, -0.2) is 0 Å². The van der Waals surface area contributed by atoms with E-state index < -0.39 is 0 Å². The van der Waals surface area contributed by atoms with Crippen molar-refractivity contribution in [3.8, 4) is 11.5 Å². The number of benzene rings is 3. The molecule has 5 aromatic rings. The lowest BCUT2D eigenvalue weighted by molar-refractivity contribution is 0.289. The van der Waals surface area contributed by atoms with E-state index in [1.54, 1.807) is 4.52 Å². The summed E-state index contributed by atoms with van der Waals surface area (Å²) in [6, 6.07) is 22.1. The van der Waals surface area contributed by atoms with Crippen LogP contribution < -0.4 is 9.47 Å². The Morgan fingerprint density at radius 3 is 2.52 bits per heavy atom. The molecule has 29 heavy (non-hydrogen) atoms. The van der Waals surface area contributed by atoms with Crippen molar-refractivity contribution in [1.29, 1.82) is 0 Å². The van der Waals surface area contributed by atoms with E-state index in [9.17, 15) is 0 Å². The second kappa shape index (κ2) is 7.52. The Hall–Kier alpha value is -3.45. The minimum absolute atomic E-state index is 0.305. The molecule has 0 saturated heterocycles. The maximum absolute atomic E-state index is 6.04. The lowest BCUT2D eigenvalue weighted by atomic mass is 10.1. The molecule has 0 N–H and O–H groups in total. The average Bonchev–Trinajstić information content (AvgIpc) is 3.32. The van der Waals surface area contributed by atoms with Crippen LogP contribution >= 0.6 is 11.3 Å². The van der Waals surface area contributed by atoms with Crippen LogP contribution in [0.3, 0.4) is 0 Å². The first-order valence-corrected chi connectivity index (χ1v) is 10.1. The normalized spacial score (nSPS) is 11.2. The standard InChI is InChI=1S/C22H18N4O2S/c1-15-7-2-5-11-18(15)27-13-20-23-24-22-26(20)25-21(29-22)14-28-19-12-6-9-16-8-3-4-10-17(16)19/h2-12H,13-14H2,1H3. The maximum atomic E-state index is 6.04. The van der Waals surface area contributed by atoms with Gasteiger partial charge in [-0.3, -0.25) is 0 Å². The van der Waals surface area contributed by atoms with E-state index in [1.165, 1.54) is 11.3 Å². The highest BCUT2D eigenvalue weighted by atomic mass is 32.1. The number of aryl methyl sites for hydroxylation is 1. The lowest BCUT2D eigenvalue weighted by Gasteiger charge is -2.07. The Morgan fingerprint density at radius 2 is 1.59 bits per heavy atom. The van der Waals surface area contributed by atoms with Crippen molar-refractivity contribution in [3.63, 3.8) is 0 Å². The van der Waals surface area contributed by atoms with E-state index in [2.05, 4.69) is 33.5 Å². The van der Waals surface area contributed by atoms with Gasteiger partial charge in [-0.05, 0) is 30.0 Å². The van der Waals surface area contributed by atoms with E-state index in [4.69, 9.17) is 9.47 Å². The number of rotatable bonds is 6. The molecule has 0 unspecified atom stereocenters. The van der Waals surface area contributed by atoms with Crippen LogP contribution in [-0.2, 0) is 13.2 Å². The third kappa shape index (κ3) is 3.52. The summed E-state index contributed by atoms with van der Waals surface area (Å²) in [5.74, 6) is 2.34. The zero-order valence-electron chi connectivity index (χ0n) is 15.8. The minimum atomic E-state index is 0.305. The van der Waals surface area contributed by atoms with E-state index in [-0.39, 0.29) is 0 Å². The Morgan fingerprint density at radius 1 is 0.828 bits per heavy atom. The third-order valence-corrected chi connectivity index (χ3v) is 5.52. The quantitative estimate of drug-likeness (QED) is 0.408. The molecule has 2 heterocycles. The highest BCUT2D eigenvalue weighted by Crippen LogP contribution is 2.26. The molecule has 0 aliphatic rings. The van der Waals surface area contributed by atoms with Gasteiger partial charge < -0.3 is 9.47 Å². The van der Waals surface area contributed by atoms with E-state index >= 15 is 0 Å². The van der Waals surface area contributed by atoms with Crippen molar-refractivity contribution >= 4 is 27.1 Å². The predicted octanol–water partition coefficient (Wildman–Crippen LogP) is 4.81. The number of aromatic nitrogens is 4. The molecule has 0 bridgehead atoms. The van der Waals surface area contributed by atoms with Crippen LogP contribution in [0.2, 0.25) is 0 Å². The zero-order valence-corrected chi connectivity index (χ0v) is 16.6. The van der Waals surface area contributed by atoms with Crippen LogP contribution in [0.5, 0.6) is 11.5 Å². The van der Waals surface area contributed by atoms with Gasteiger partial charge in [0.2, 0.25) is 4.96 Å². The topological polar surface area (TPSA) is 61.5 Å². The smallest absolute Gasteiger partial charge is 0.234 e. The Kier molecular flexibility index (Phi) is 4.57. The van der Waals surface area contributed by atoms with Gasteiger partial charge in [-0.1, -0.05) is 65.9 Å². The van der Waals surface area contributed by atoms with Crippen molar-refractivity contribution in [2.45, 2.75) is 20.1 Å². The Bertz CT molecular complexity index is 1290. The van der Waals surface area contributed by atoms with Crippen LogP contribution in [0.15, 0.2) is 66.7 Å². The van der Waals surface area contributed by atoms with Crippen molar-refractivity contribution in [3.05, 3.63) is 83.1 Å². The molecule has 0 aliphatic carbocycles. The predicted molar refractivity (Wildman–Crippen MR) is 112 cm³/mol. The first kappa shape index (κ1) is 17.6. The van der Waals surface area contributed by atoms with Crippen LogP contribution in [0, 0.1) is 6.92 Å². The number of para-hydroxylation sites is 1. The van der Waals surface area contributed by atoms with Crippen LogP contribution in [-0.4, -0.2) is 19.8 Å². The maximum Gasteiger partial charge on any atom is 0.234 e. The van der Waals surface area contributed by atoms with Gasteiger partial charge in [0.15, 0.2) is 10.8 Å². The van der Waals surface area contributed by atoms with Gasteiger partial charge in [-0.15, -0.1) is 10.2 Å². The molecule has 6 nitrogen and oxygen atoms in total. The fourth-order valence-electron chi connectivity index (χ4n) is 3.17. The summed E-state index contributed by atoms with van der Waals surface area (Å²) in [4.78, 5) is 0.727. The molecular weight excluding hydrogens is 384 g/mol. The van der Waals surface area contributed by atoms with Gasteiger partial charge in [0.25, 0.3) is 0 Å². The first-order valence-electron chi connectivity index (χ1n) is 9.27. The summed E-state index contributed by atoms with van der Waals surface area (Å²) in [7, 11) is 0. The van der Waals surface area contributed by atoms with E-state index in [0.717, 1.165) is 37.8 Å².